The maximum Gasteiger partial charge on any atom is 0.316 e. The molecule has 4 aromatic rings. The van der Waals surface area contributed by atoms with Crippen LogP contribution in [0.5, 0.6) is 5.75 Å². The van der Waals surface area contributed by atoms with Crippen LogP contribution in [0.4, 0.5) is 0 Å². The lowest BCUT2D eigenvalue weighted by atomic mass is 10.1. The molecule has 29 heavy (non-hydrogen) atoms. The van der Waals surface area contributed by atoms with E-state index in [4.69, 9.17) is 9.26 Å². The van der Waals surface area contributed by atoms with Gasteiger partial charge in [-0.15, -0.1) is 0 Å². The molecular weight excluding hydrogens is 372 g/mol. The maximum atomic E-state index is 12.2. The predicted molar refractivity (Wildman–Crippen MR) is 108 cm³/mol. The topological polar surface area (TPSA) is 103 Å². The summed E-state index contributed by atoms with van der Waals surface area (Å²) < 4.78 is 12.4. The Bertz CT molecular complexity index is 1300. The molecule has 0 amide bonds. The number of hydrogen-bond donors (Lipinski definition) is 1. The molecule has 0 atom stereocenters. The van der Waals surface area contributed by atoms with Gasteiger partial charge in [0.25, 0.3) is 5.89 Å². The van der Waals surface area contributed by atoms with Gasteiger partial charge in [0.15, 0.2) is 6.61 Å². The first-order valence-electron chi connectivity index (χ1n) is 9.23. The van der Waals surface area contributed by atoms with Crippen molar-refractivity contribution in [3.05, 3.63) is 74.6 Å². The van der Waals surface area contributed by atoms with Crippen molar-refractivity contribution in [3.8, 4) is 17.1 Å². The summed E-state index contributed by atoms with van der Waals surface area (Å²) in [4.78, 5) is 31.1. The fourth-order valence-corrected chi connectivity index (χ4v) is 3.17. The Kier molecular flexibility index (Phi) is 4.75. The molecule has 0 bridgehead atoms. The summed E-state index contributed by atoms with van der Waals surface area (Å²) in [7, 11) is 0. The summed E-state index contributed by atoms with van der Waals surface area (Å²) in [6.45, 7) is 5.84. The van der Waals surface area contributed by atoms with Crippen LogP contribution in [-0.2, 0) is 6.61 Å². The highest BCUT2D eigenvalue weighted by molar-refractivity contribution is 5.80. The molecule has 4 rings (SSSR count). The van der Waals surface area contributed by atoms with E-state index in [2.05, 4.69) is 15.1 Å². The molecule has 0 unspecified atom stereocenters. The Morgan fingerprint density at radius 2 is 2.00 bits per heavy atom. The summed E-state index contributed by atoms with van der Waals surface area (Å²) in [5.74, 6) is 1.43. The van der Waals surface area contributed by atoms with Crippen molar-refractivity contribution >= 4 is 11.0 Å². The van der Waals surface area contributed by atoms with Gasteiger partial charge in [0.05, 0.1) is 11.0 Å². The highest BCUT2D eigenvalue weighted by Crippen LogP contribution is 2.22. The normalized spacial score (nSPS) is 11.3. The quantitative estimate of drug-likeness (QED) is 0.523. The van der Waals surface area contributed by atoms with Gasteiger partial charge in [0.2, 0.25) is 5.82 Å². The molecule has 0 saturated carbocycles. The number of nitrogens with one attached hydrogen (secondary N) is 1. The number of benzene rings is 2. The average Bonchev–Trinajstić information content (AvgIpc) is 3.16. The van der Waals surface area contributed by atoms with Crippen molar-refractivity contribution in [2.24, 2.45) is 0 Å². The largest absolute Gasteiger partial charge is 0.484 e. The van der Waals surface area contributed by atoms with Crippen LogP contribution in [0.25, 0.3) is 22.4 Å². The van der Waals surface area contributed by atoms with Crippen LogP contribution in [0.2, 0.25) is 0 Å². The van der Waals surface area contributed by atoms with E-state index in [1.165, 1.54) is 4.57 Å². The molecule has 0 aliphatic carbocycles. The van der Waals surface area contributed by atoms with Gasteiger partial charge in [-0.1, -0.05) is 17.3 Å². The number of aromatic amines is 1. The average molecular weight is 392 g/mol. The number of rotatable bonds is 5. The lowest BCUT2D eigenvalue weighted by Crippen LogP contribution is -2.37. The van der Waals surface area contributed by atoms with Gasteiger partial charge in [0.1, 0.15) is 5.75 Å². The van der Waals surface area contributed by atoms with E-state index in [9.17, 15) is 9.59 Å². The van der Waals surface area contributed by atoms with Crippen LogP contribution < -0.4 is 15.9 Å². The van der Waals surface area contributed by atoms with E-state index in [-0.39, 0.29) is 12.6 Å². The minimum atomic E-state index is -0.663. The van der Waals surface area contributed by atoms with Gasteiger partial charge in [-0.05, 0) is 56.7 Å². The first-order valence-corrected chi connectivity index (χ1v) is 9.23. The second-order valence-corrected chi connectivity index (χ2v) is 7.07. The fourth-order valence-electron chi connectivity index (χ4n) is 3.17. The number of aryl methyl sites for hydroxylation is 1. The van der Waals surface area contributed by atoms with Crippen molar-refractivity contribution in [1.82, 2.24) is 19.7 Å². The molecule has 8 nitrogen and oxygen atoms in total. The third-order valence-electron chi connectivity index (χ3n) is 4.51. The number of aromatic nitrogens is 4. The van der Waals surface area contributed by atoms with Crippen molar-refractivity contribution in [3.63, 3.8) is 0 Å². The standard InChI is InChI=1S/C21H20N4O4/c1-12(2)25-17-8-7-14(10-16(17)22-20(26)21(25)27)19-23-18(29-24-19)11-28-15-6-4-5-13(3)9-15/h4-10,12H,11H2,1-3H3,(H,22,26). The minimum Gasteiger partial charge on any atom is -0.484 e. The number of nitrogens with zero attached hydrogens (tertiary/aromatic N) is 3. The third kappa shape index (κ3) is 3.69. The van der Waals surface area contributed by atoms with Gasteiger partial charge >= 0.3 is 11.1 Å². The van der Waals surface area contributed by atoms with E-state index >= 15 is 0 Å². The van der Waals surface area contributed by atoms with Crippen LogP contribution in [0.3, 0.4) is 0 Å². The lowest BCUT2D eigenvalue weighted by Gasteiger charge is -2.13. The maximum absolute atomic E-state index is 12.2. The van der Waals surface area contributed by atoms with Crippen LogP contribution in [0.15, 0.2) is 56.6 Å². The SMILES string of the molecule is Cc1cccc(OCc2nc(-c3ccc4c(c3)[nH]c(=O)c(=O)n4C(C)C)no2)c1. The summed E-state index contributed by atoms with van der Waals surface area (Å²) >= 11 is 0. The molecule has 0 saturated heterocycles. The number of hydrogen-bond acceptors (Lipinski definition) is 6. The second kappa shape index (κ2) is 7.38. The molecule has 0 aliphatic rings. The van der Waals surface area contributed by atoms with Crippen molar-refractivity contribution in [2.45, 2.75) is 33.4 Å². The van der Waals surface area contributed by atoms with Crippen molar-refractivity contribution < 1.29 is 9.26 Å². The van der Waals surface area contributed by atoms with Gasteiger partial charge in [0, 0.05) is 11.6 Å². The Morgan fingerprint density at radius 1 is 1.17 bits per heavy atom. The van der Waals surface area contributed by atoms with E-state index in [0.717, 1.165) is 11.3 Å². The Hall–Kier alpha value is -3.68. The van der Waals surface area contributed by atoms with E-state index in [1.807, 2.05) is 45.0 Å². The highest BCUT2D eigenvalue weighted by Gasteiger charge is 2.14. The zero-order valence-corrected chi connectivity index (χ0v) is 16.3. The smallest absolute Gasteiger partial charge is 0.316 e. The zero-order chi connectivity index (χ0) is 20.5. The van der Waals surface area contributed by atoms with Crippen LogP contribution in [0.1, 0.15) is 31.3 Å². The molecule has 1 N–H and O–H groups in total. The molecular formula is C21H20N4O4. The Balaban J connectivity index is 1.63. The lowest BCUT2D eigenvalue weighted by molar-refractivity contribution is 0.243. The summed E-state index contributed by atoms with van der Waals surface area (Å²) in [6, 6.07) is 12.8. The molecule has 0 spiro atoms. The first kappa shape index (κ1) is 18.7. The van der Waals surface area contributed by atoms with Gasteiger partial charge in [-0.25, -0.2) is 0 Å². The predicted octanol–water partition coefficient (Wildman–Crippen LogP) is 3.21. The van der Waals surface area contributed by atoms with Crippen LogP contribution >= 0.6 is 0 Å². The first-order chi connectivity index (χ1) is 13.9. The summed E-state index contributed by atoms with van der Waals surface area (Å²) in [6.07, 6.45) is 0. The summed E-state index contributed by atoms with van der Waals surface area (Å²) in [5, 5.41) is 3.99. The summed E-state index contributed by atoms with van der Waals surface area (Å²) in [5.41, 5.74) is 1.69. The highest BCUT2D eigenvalue weighted by atomic mass is 16.5. The molecule has 0 radical (unpaired) electrons. The third-order valence-corrected chi connectivity index (χ3v) is 4.51. The van der Waals surface area contributed by atoms with Gasteiger partial charge in [-0.3, -0.25) is 14.2 Å². The van der Waals surface area contributed by atoms with Gasteiger partial charge in [-0.2, -0.15) is 4.98 Å². The van der Waals surface area contributed by atoms with Crippen LogP contribution in [0, 0.1) is 6.92 Å². The minimum absolute atomic E-state index is 0.145. The van der Waals surface area contributed by atoms with Crippen molar-refractivity contribution in [1.29, 1.82) is 0 Å². The van der Waals surface area contributed by atoms with Gasteiger partial charge < -0.3 is 14.2 Å². The molecule has 2 heterocycles. The second-order valence-electron chi connectivity index (χ2n) is 7.07. The Morgan fingerprint density at radius 3 is 2.76 bits per heavy atom. The molecule has 0 aliphatic heterocycles. The number of fused-ring (bicyclic) bond motifs is 1. The Labute approximate surface area is 165 Å². The molecule has 8 heteroatoms. The molecule has 2 aromatic carbocycles. The van der Waals surface area contributed by atoms with E-state index < -0.39 is 11.1 Å². The molecule has 148 valence electrons. The van der Waals surface area contributed by atoms with E-state index in [0.29, 0.717) is 28.3 Å². The van der Waals surface area contributed by atoms with Crippen molar-refractivity contribution in [2.75, 3.05) is 0 Å². The van der Waals surface area contributed by atoms with Crippen LogP contribution in [-0.4, -0.2) is 19.7 Å². The zero-order valence-electron chi connectivity index (χ0n) is 16.3. The number of ether oxygens (including phenoxy) is 1. The fraction of sp³-hybridized carbons (Fsp3) is 0.238. The molecule has 2 aromatic heterocycles. The van der Waals surface area contributed by atoms with E-state index in [1.54, 1.807) is 18.2 Å². The molecule has 0 fully saturated rings. The number of H-pyrrole nitrogens is 1. The monoisotopic (exact) mass is 392 g/mol.